The van der Waals surface area contributed by atoms with Gasteiger partial charge in [-0.3, -0.25) is 9.78 Å². The fourth-order valence-corrected chi connectivity index (χ4v) is 2.11. The molecule has 0 radical (unpaired) electrons. The number of halogens is 1. The Morgan fingerprint density at radius 1 is 1.11 bits per heavy atom. The van der Waals surface area contributed by atoms with Crippen LogP contribution in [0.4, 0.5) is 0 Å². The minimum absolute atomic E-state index is 0.278. The Hall–Kier alpha value is -1.23. The molecule has 0 unspecified atom stereocenters. The number of Topliss-reactive ketones (excluding diaryl/α,β-unsaturated/α-hetero) is 1. The number of aromatic nitrogens is 1. The maximum Gasteiger partial charge on any atom is 0.137 e. The van der Waals surface area contributed by atoms with Crippen molar-refractivity contribution in [2.24, 2.45) is 0 Å². The highest BCUT2D eigenvalue weighted by atomic mass is 127. The summed E-state index contributed by atoms with van der Waals surface area (Å²) in [5.74, 6) is 0.278. The third-order valence-corrected chi connectivity index (χ3v) is 3.45. The van der Waals surface area contributed by atoms with Gasteiger partial charge in [0.15, 0.2) is 0 Å². The first kappa shape index (κ1) is 13.2. The molecule has 0 fully saturated rings. The highest BCUT2D eigenvalue weighted by molar-refractivity contribution is 14.1. The average molecular weight is 351 g/mol. The summed E-state index contributed by atoms with van der Waals surface area (Å²) in [6.07, 6.45) is 5.45. The lowest BCUT2D eigenvalue weighted by Crippen LogP contribution is -2.04. The Labute approximate surface area is 121 Å². The lowest BCUT2D eigenvalue weighted by atomic mass is 10.0. The lowest BCUT2D eigenvalue weighted by Gasteiger charge is -2.02. The molecule has 1 heterocycles. The Kier molecular flexibility index (Phi) is 4.87. The predicted molar refractivity (Wildman–Crippen MR) is 80.4 cm³/mol. The molecule has 92 valence electrons. The molecule has 2 aromatic rings. The van der Waals surface area contributed by atoms with Gasteiger partial charge in [0.05, 0.1) is 0 Å². The summed E-state index contributed by atoms with van der Waals surface area (Å²) in [5, 5.41) is 0. The summed E-state index contributed by atoms with van der Waals surface area (Å²) in [6.45, 7) is 0. The third kappa shape index (κ3) is 4.22. The summed E-state index contributed by atoms with van der Waals surface area (Å²) >= 11 is 2.26. The number of aryl methyl sites for hydroxylation is 1. The number of hydrogen-bond acceptors (Lipinski definition) is 2. The zero-order valence-corrected chi connectivity index (χ0v) is 12.1. The first-order valence-electron chi connectivity index (χ1n) is 5.89. The van der Waals surface area contributed by atoms with E-state index in [9.17, 15) is 4.79 Å². The van der Waals surface area contributed by atoms with Crippen LogP contribution in [0.2, 0.25) is 0 Å². The third-order valence-electron chi connectivity index (χ3n) is 2.73. The van der Waals surface area contributed by atoms with Crippen molar-refractivity contribution in [2.75, 3.05) is 0 Å². The SMILES string of the molecule is O=C(CCc1cccnc1)Cc1ccc(I)cc1. The Balaban J connectivity index is 1.84. The van der Waals surface area contributed by atoms with Crippen LogP contribution in [0.3, 0.4) is 0 Å². The van der Waals surface area contributed by atoms with Gasteiger partial charge in [0.25, 0.3) is 0 Å². The van der Waals surface area contributed by atoms with Gasteiger partial charge in [-0.25, -0.2) is 0 Å². The summed E-state index contributed by atoms with van der Waals surface area (Å²) in [7, 11) is 0. The van der Waals surface area contributed by atoms with E-state index in [4.69, 9.17) is 0 Å². The predicted octanol–water partition coefficient (Wildman–Crippen LogP) is 3.43. The normalized spacial score (nSPS) is 10.3. The van der Waals surface area contributed by atoms with Crippen LogP contribution in [0.15, 0.2) is 48.8 Å². The molecule has 2 rings (SSSR count). The van der Waals surface area contributed by atoms with Gasteiger partial charge in [0.2, 0.25) is 0 Å². The van der Waals surface area contributed by atoms with Crippen molar-refractivity contribution in [3.05, 3.63) is 63.5 Å². The molecule has 1 aromatic carbocycles. The van der Waals surface area contributed by atoms with E-state index in [1.165, 1.54) is 3.57 Å². The zero-order valence-electron chi connectivity index (χ0n) is 9.97. The lowest BCUT2D eigenvalue weighted by molar-refractivity contribution is -0.118. The van der Waals surface area contributed by atoms with Crippen LogP contribution in [-0.4, -0.2) is 10.8 Å². The molecule has 1 aromatic heterocycles. The van der Waals surface area contributed by atoms with Crippen LogP contribution < -0.4 is 0 Å². The molecule has 0 spiro atoms. The second-order valence-electron chi connectivity index (χ2n) is 4.20. The monoisotopic (exact) mass is 351 g/mol. The maximum atomic E-state index is 11.8. The van der Waals surface area contributed by atoms with Gasteiger partial charge in [-0.05, 0) is 58.3 Å². The fourth-order valence-electron chi connectivity index (χ4n) is 1.75. The first-order valence-corrected chi connectivity index (χ1v) is 6.97. The van der Waals surface area contributed by atoms with Gasteiger partial charge in [-0.1, -0.05) is 18.2 Å². The van der Waals surface area contributed by atoms with Crippen LogP contribution in [0.1, 0.15) is 17.5 Å². The number of carbonyl (C=O) groups is 1. The van der Waals surface area contributed by atoms with Crippen molar-refractivity contribution in [1.29, 1.82) is 0 Å². The molecule has 0 aliphatic rings. The van der Waals surface area contributed by atoms with Crippen LogP contribution in [0.5, 0.6) is 0 Å². The van der Waals surface area contributed by atoms with E-state index in [1.54, 1.807) is 6.20 Å². The van der Waals surface area contributed by atoms with E-state index >= 15 is 0 Å². The van der Waals surface area contributed by atoms with Gasteiger partial charge in [0.1, 0.15) is 5.78 Å². The molecule has 0 aliphatic heterocycles. The number of rotatable bonds is 5. The minimum Gasteiger partial charge on any atom is -0.299 e. The van der Waals surface area contributed by atoms with Crippen molar-refractivity contribution in [3.8, 4) is 0 Å². The minimum atomic E-state index is 0.278. The molecule has 0 saturated heterocycles. The van der Waals surface area contributed by atoms with Crippen molar-refractivity contribution in [3.63, 3.8) is 0 Å². The molecule has 0 atom stereocenters. The standard InChI is InChI=1S/C15H14INO/c16-14-6-3-12(4-7-14)10-15(18)8-5-13-2-1-9-17-11-13/h1-4,6-7,9,11H,5,8,10H2. The Morgan fingerprint density at radius 3 is 2.56 bits per heavy atom. The fraction of sp³-hybridized carbons (Fsp3) is 0.200. The van der Waals surface area contributed by atoms with Crippen LogP contribution in [-0.2, 0) is 17.6 Å². The van der Waals surface area contributed by atoms with E-state index in [2.05, 4.69) is 27.6 Å². The zero-order chi connectivity index (χ0) is 12.8. The molecule has 0 bridgehead atoms. The van der Waals surface area contributed by atoms with Crippen molar-refractivity contribution >= 4 is 28.4 Å². The Bertz CT molecular complexity index is 508. The van der Waals surface area contributed by atoms with Crippen LogP contribution >= 0.6 is 22.6 Å². The van der Waals surface area contributed by atoms with Crippen LogP contribution in [0, 0.1) is 3.57 Å². The van der Waals surface area contributed by atoms with E-state index in [0.717, 1.165) is 17.5 Å². The summed E-state index contributed by atoms with van der Waals surface area (Å²) < 4.78 is 1.19. The summed E-state index contributed by atoms with van der Waals surface area (Å²) in [6, 6.07) is 12.0. The molecule has 0 saturated carbocycles. The number of benzene rings is 1. The molecule has 2 nitrogen and oxygen atoms in total. The second-order valence-corrected chi connectivity index (χ2v) is 5.45. The molecule has 0 amide bonds. The number of nitrogens with zero attached hydrogens (tertiary/aromatic N) is 1. The van der Waals surface area contributed by atoms with E-state index in [0.29, 0.717) is 12.8 Å². The molecular weight excluding hydrogens is 337 g/mol. The maximum absolute atomic E-state index is 11.8. The highest BCUT2D eigenvalue weighted by Gasteiger charge is 2.04. The molecular formula is C15H14INO. The van der Waals surface area contributed by atoms with Gasteiger partial charge in [-0.15, -0.1) is 0 Å². The van der Waals surface area contributed by atoms with E-state index in [-0.39, 0.29) is 5.78 Å². The van der Waals surface area contributed by atoms with Crippen molar-refractivity contribution in [1.82, 2.24) is 4.98 Å². The van der Waals surface area contributed by atoms with Gasteiger partial charge in [0, 0.05) is 28.8 Å². The Morgan fingerprint density at radius 2 is 1.89 bits per heavy atom. The topological polar surface area (TPSA) is 30.0 Å². The molecule has 0 N–H and O–H groups in total. The second kappa shape index (κ2) is 6.64. The van der Waals surface area contributed by atoms with E-state index in [1.807, 2.05) is 42.6 Å². The number of hydrogen-bond donors (Lipinski definition) is 0. The molecule has 0 aliphatic carbocycles. The van der Waals surface area contributed by atoms with Crippen molar-refractivity contribution < 1.29 is 4.79 Å². The van der Waals surface area contributed by atoms with E-state index < -0.39 is 0 Å². The first-order chi connectivity index (χ1) is 8.74. The average Bonchev–Trinajstić information content (AvgIpc) is 2.40. The quantitative estimate of drug-likeness (QED) is 0.773. The molecule has 18 heavy (non-hydrogen) atoms. The van der Waals surface area contributed by atoms with Crippen molar-refractivity contribution in [2.45, 2.75) is 19.3 Å². The van der Waals surface area contributed by atoms with Gasteiger partial charge >= 0.3 is 0 Å². The number of ketones is 1. The largest absolute Gasteiger partial charge is 0.299 e. The smallest absolute Gasteiger partial charge is 0.137 e. The van der Waals surface area contributed by atoms with Gasteiger partial charge < -0.3 is 0 Å². The number of carbonyl (C=O) groups excluding carboxylic acids is 1. The van der Waals surface area contributed by atoms with Crippen LogP contribution in [0.25, 0.3) is 0 Å². The summed E-state index contributed by atoms with van der Waals surface area (Å²) in [5.41, 5.74) is 2.21. The number of pyridine rings is 1. The highest BCUT2D eigenvalue weighted by Crippen LogP contribution is 2.09. The van der Waals surface area contributed by atoms with Gasteiger partial charge in [-0.2, -0.15) is 0 Å². The summed E-state index contributed by atoms with van der Waals surface area (Å²) in [4.78, 5) is 15.9. The molecule has 3 heteroatoms.